The van der Waals surface area contributed by atoms with Gasteiger partial charge in [-0.2, -0.15) is 5.10 Å². The number of rotatable bonds is 6. The second-order valence-electron chi connectivity index (χ2n) is 4.32. The van der Waals surface area contributed by atoms with Crippen molar-refractivity contribution in [3.8, 4) is 5.75 Å². The molecule has 0 saturated carbocycles. The monoisotopic (exact) mass is 259 g/mol. The second-order valence-corrected chi connectivity index (χ2v) is 4.32. The van der Waals surface area contributed by atoms with Gasteiger partial charge >= 0.3 is 0 Å². The Labute approximate surface area is 114 Å². The fourth-order valence-corrected chi connectivity index (χ4v) is 2.21. The van der Waals surface area contributed by atoms with Crippen LogP contribution in [0.1, 0.15) is 31.0 Å². The number of aromatic nitrogens is 2. The number of nitrogens with one attached hydrogen (secondary N) is 1. The molecule has 1 aromatic carbocycles. The van der Waals surface area contributed by atoms with Gasteiger partial charge in [-0.05, 0) is 27.0 Å². The molecule has 1 atom stereocenters. The lowest BCUT2D eigenvalue weighted by atomic mass is 10.0. The predicted octanol–water partition coefficient (Wildman–Crippen LogP) is 2.61. The standard InChI is InChI=1S/C15H21N3O/c1-4-18-11-12(10-17-18)15(16-3)13-8-6-7-9-14(13)19-5-2/h6-11,15-16H,4-5H2,1-3H3. The third kappa shape index (κ3) is 2.96. The molecule has 4 nitrogen and oxygen atoms in total. The van der Waals surface area contributed by atoms with Crippen molar-refractivity contribution in [2.75, 3.05) is 13.7 Å². The summed E-state index contributed by atoms with van der Waals surface area (Å²) in [7, 11) is 1.96. The van der Waals surface area contributed by atoms with Crippen LogP contribution in [0.15, 0.2) is 36.7 Å². The van der Waals surface area contributed by atoms with Crippen molar-refractivity contribution >= 4 is 0 Å². The van der Waals surface area contributed by atoms with Crippen LogP contribution in [0.5, 0.6) is 5.75 Å². The van der Waals surface area contributed by atoms with Gasteiger partial charge in [-0.3, -0.25) is 4.68 Å². The van der Waals surface area contributed by atoms with Gasteiger partial charge in [-0.1, -0.05) is 18.2 Å². The number of ether oxygens (including phenoxy) is 1. The molecule has 0 spiro atoms. The van der Waals surface area contributed by atoms with Crippen LogP contribution >= 0.6 is 0 Å². The molecular weight excluding hydrogens is 238 g/mol. The van der Waals surface area contributed by atoms with E-state index in [1.54, 1.807) is 0 Å². The van der Waals surface area contributed by atoms with Crippen LogP contribution in [-0.2, 0) is 6.54 Å². The first kappa shape index (κ1) is 13.6. The van der Waals surface area contributed by atoms with E-state index in [-0.39, 0.29) is 6.04 Å². The highest BCUT2D eigenvalue weighted by Crippen LogP contribution is 2.29. The van der Waals surface area contributed by atoms with E-state index in [2.05, 4.69) is 29.6 Å². The summed E-state index contributed by atoms with van der Waals surface area (Å²) in [5.74, 6) is 0.925. The van der Waals surface area contributed by atoms with Gasteiger partial charge in [0.05, 0.1) is 18.8 Å². The number of benzene rings is 1. The normalized spacial score (nSPS) is 12.4. The van der Waals surface area contributed by atoms with Crippen molar-refractivity contribution in [1.29, 1.82) is 0 Å². The molecular formula is C15H21N3O. The van der Waals surface area contributed by atoms with Crippen LogP contribution in [-0.4, -0.2) is 23.4 Å². The number of nitrogens with zero attached hydrogens (tertiary/aromatic N) is 2. The summed E-state index contributed by atoms with van der Waals surface area (Å²) < 4.78 is 7.64. The summed E-state index contributed by atoms with van der Waals surface area (Å²) in [5, 5.41) is 7.68. The highest BCUT2D eigenvalue weighted by atomic mass is 16.5. The van der Waals surface area contributed by atoms with Gasteiger partial charge < -0.3 is 10.1 Å². The van der Waals surface area contributed by atoms with Gasteiger partial charge in [0, 0.05) is 23.9 Å². The Morgan fingerprint density at radius 1 is 1.32 bits per heavy atom. The summed E-state index contributed by atoms with van der Waals surface area (Å²) in [6, 6.07) is 8.23. The lowest BCUT2D eigenvalue weighted by molar-refractivity contribution is 0.334. The van der Waals surface area contributed by atoms with Crippen molar-refractivity contribution in [2.24, 2.45) is 0 Å². The maximum atomic E-state index is 5.71. The lowest BCUT2D eigenvalue weighted by Crippen LogP contribution is -2.18. The smallest absolute Gasteiger partial charge is 0.124 e. The molecule has 0 fully saturated rings. The summed E-state index contributed by atoms with van der Waals surface area (Å²) >= 11 is 0. The Bertz CT molecular complexity index is 522. The molecule has 0 bridgehead atoms. The Morgan fingerprint density at radius 2 is 2.11 bits per heavy atom. The largest absolute Gasteiger partial charge is 0.494 e. The Morgan fingerprint density at radius 3 is 2.74 bits per heavy atom. The summed E-state index contributed by atoms with van der Waals surface area (Å²) in [5.41, 5.74) is 2.29. The van der Waals surface area contributed by atoms with E-state index < -0.39 is 0 Å². The molecule has 0 aliphatic rings. The zero-order chi connectivity index (χ0) is 13.7. The molecule has 0 amide bonds. The van der Waals surface area contributed by atoms with E-state index in [1.807, 2.05) is 43.0 Å². The quantitative estimate of drug-likeness (QED) is 0.866. The van der Waals surface area contributed by atoms with E-state index in [0.717, 1.165) is 23.4 Å². The molecule has 4 heteroatoms. The van der Waals surface area contributed by atoms with Crippen molar-refractivity contribution in [3.05, 3.63) is 47.8 Å². The first-order valence-corrected chi connectivity index (χ1v) is 6.71. The zero-order valence-corrected chi connectivity index (χ0v) is 11.8. The van der Waals surface area contributed by atoms with Crippen molar-refractivity contribution in [1.82, 2.24) is 15.1 Å². The van der Waals surface area contributed by atoms with Crippen LogP contribution in [0.2, 0.25) is 0 Å². The van der Waals surface area contributed by atoms with Gasteiger partial charge in [-0.25, -0.2) is 0 Å². The molecule has 0 aliphatic carbocycles. The molecule has 2 aromatic rings. The summed E-state index contributed by atoms with van der Waals surface area (Å²) in [4.78, 5) is 0. The molecule has 19 heavy (non-hydrogen) atoms. The van der Waals surface area contributed by atoms with Gasteiger partial charge in [0.2, 0.25) is 0 Å². The van der Waals surface area contributed by atoms with Crippen molar-refractivity contribution < 1.29 is 4.74 Å². The molecule has 2 rings (SSSR count). The van der Waals surface area contributed by atoms with Gasteiger partial charge in [0.1, 0.15) is 5.75 Å². The third-order valence-corrected chi connectivity index (χ3v) is 3.13. The third-order valence-electron chi connectivity index (χ3n) is 3.13. The molecule has 0 saturated heterocycles. The predicted molar refractivity (Wildman–Crippen MR) is 76.4 cm³/mol. The summed E-state index contributed by atoms with van der Waals surface area (Å²) in [6.07, 6.45) is 3.98. The minimum atomic E-state index is 0.100. The van der Waals surface area contributed by atoms with Gasteiger partial charge in [-0.15, -0.1) is 0 Å². The molecule has 0 aliphatic heterocycles. The lowest BCUT2D eigenvalue weighted by Gasteiger charge is -2.18. The van der Waals surface area contributed by atoms with E-state index in [1.165, 1.54) is 0 Å². The Hall–Kier alpha value is -1.81. The van der Waals surface area contributed by atoms with Crippen LogP contribution < -0.4 is 10.1 Å². The maximum absolute atomic E-state index is 5.71. The minimum Gasteiger partial charge on any atom is -0.494 e. The van der Waals surface area contributed by atoms with Crippen LogP contribution in [0.4, 0.5) is 0 Å². The van der Waals surface area contributed by atoms with Gasteiger partial charge in [0.25, 0.3) is 0 Å². The minimum absolute atomic E-state index is 0.100. The highest BCUT2D eigenvalue weighted by Gasteiger charge is 2.17. The number of hydrogen-bond donors (Lipinski definition) is 1. The first-order valence-electron chi connectivity index (χ1n) is 6.71. The van der Waals surface area contributed by atoms with Crippen LogP contribution in [0.3, 0.4) is 0 Å². The van der Waals surface area contributed by atoms with Gasteiger partial charge in [0.15, 0.2) is 0 Å². The molecule has 102 valence electrons. The molecule has 1 N–H and O–H groups in total. The van der Waals surface area contributed by atoms with E-state index >= 15 is 0 Å². The van der Waals surface area contributed by atoms with Crippen LogP contribution in [0.25, 0.3) is 0 Å². The average molecular weight is 259 g/mol. The molecule has 0 radical (unpaired) electrons. The van der Waals surface area contributed by atoms with E-state index in [9.17, 15) is 0 Å². The van der Waals surface area contributed by atoms with E-state index in [0.29, 0.717) is 6.61 Å². The Kier molecular flexibility index (Phi) is 4.58. The Balaban J connectivity index is 2.36. The zero-order valence-electron chi connectivity index (χ0n) is 11.8. The first-order chi connectivity index (χ1) is 9.30. The maximum Gasteiger partial charge on any atom is 0.124 e. The van der Waals surface area contributed by atoms with E-state index in [4.69, 9.17) is 4.74 Å². The highest BCUT2D eigenvalue weighted by molar-refractivity contribution is 5.40. The molecule has 1 unspecified atom stereocenters. The molecule has 1 aromatic heterocycles. The number of aryl methyl sites for hydroxylation is 1. The SMILES string of the molecule is CCOc1ccccc1C(NC)c1cnn(CC)c1. The van der Waals surface area contributed by atoms with Crippen molar-refractivity contribution in [2.45, 2.75) is 26.4 Å². The number of hydrogen-bond acceptors (Lipinski definition) is 3. The molecule has 1 heterocycles. The summed E-state index contributed by atoms with van der Waals surface area (Å²) in [6.45, 7) is 5.63. The fourth-order valence-electron chi connectivity index (χ4n) is 2.21. The van der Waals surface area contributed by atoms with Crippen molar-refractivity contribution in [3.63, 3.8) is 0 Å². The van der Waals surface area contributed by atoms with Crippen LogP contribution in [0, 0.1) is 0 Å². The fraction of sp³-hybridized carbons (Fsp3) is 0.400. The average Bonchev–Trinajstić information content (AvgIpc) is 2.91. The second kappa shape index (κ2) is 6.38. The topological polar surface area (TPSA) is 39.1 Å². The number of para-hydroxylation sites is 1.